The Labute approximate surface area is 241 Å². The number of likely N-dealkylation sites (tertiary alicyclic amines) is 1. The van der Waals surface area contributed by atoms with Crippen LogP contribution >= 0.6 is 0 Å². The molecule has 0 aliphatic carbocycles. The predicted molar refractivity (Wildman–Crippen MR) is 155 cm³/mol. The number of sulfonamides is 1. The van der Waals surface area contributed by atoms with E-state index in [0.717, 1.165) is 58.1 Å². The summed E-state index contributed by atoms with van der Waals surface area (Å²) in [4.78, 5) is 11.1. The lowest BCUT2D eigenvalue weighted by atomic mass is 10.0. The zero-order chi connectivity index (χ0) is 29.3. The van der Waals surface area contributed by atoms with Crippen molar-refractivity contribution < 1.29 is 21.6 Å². The monoisotopic (exact) mass is 588 g/mol. The Balaban J connectivity index is 1.19. The van der Waals surface area contributed by atoms with Crippen molar-refractivity contribution in [2.75, 3.05) is 13.1 Å². The Morgan fingerprint density at radius 3 is 2.05 bits per heavy atom. The van der Waals surface area contributed by atoms with Gasteiger partial charge in [-0.2, -0.15) is 0 Å². The van der Waals surface area contributed by atoms with E-state index in [0.29, 0.717) is 25.6 Å². The van der Waals surface area contributed by atoms with Crippen molar-refractivity contribution in [3.05, 3.63) is 114 Å². The second-order valence-corrected chi connectivity index (χ2v) is 12.0. The number of nitrogens with zero attached hydrogens (tertiary/aromatic N) is 3. The zero-order valence-corrected chi connectivity index (χ0v) is 23.3. The van der Waals surface area contributed by atoms with E-state index in [4.69, 9.17) is 9.97 Å². The van der Waals surface area contributed by atoms with Gasteiger partial charge in [-0.3, -0.25) is 4.90 Å². The molecule has 0 spiro atoms. The van der Waals surface area contributed by atoms with Gasteiger partial charge in [0.2, 0.25) is 10.0 Å². The number of piperidine rings is 1. The predicted octanol–water partition coefficient (Wildman–Crippen LogP) is 6.32. The fraction of sp³-hybridized carbons (Fsp3) is 0.188. The van der Waals surface area contributed by atoms with E-state index in [1.54, 1.807) is 0 Å². The number of hydrogen-bond donors (Lipinski definition) is 1. The van der Waals surface area contributed by atoms with Gasteiger partial charge in [-0.25, -0.2) is 36.3 Å². The molecule has 5 aromatic rings. The molecule has 214 valence electrons. The summed E-state index contributed by atoms with van der Waals surface area (Å²) in [5.74, 6) is -4.97. The minimum atomic E-state index is -4.38. The fourth-order valence-corrected chi connectivity index (χ4v) is 6.65. The highest BCUT2D eigenvalue weighted by atomic mass is 32.2. The molecular weight excluding hydrogens is 561 g/mol. The molecule has 1 aliphatic heterocycles. The normalized spacial score (nSPS) is 16.1. The van der Waals surface area contributed by atoms with Crippen LogP contribution < -0.4 is 4.72 Å². The Hall–Kier alpha value is -4.12. The summed E-state index contributed by atoms with van der Waals surface area (Å²) in [7, 11) is -4.38. The molecule has 0 bridgehead atoms. The quantitative estimate of drug-likeness (QED) is 0.225. The van der Waals surface area contributed by atoms with Crippen molar-refractivity contribution in [3.8, 4) is 22.5 Å². The Bertz CT molecular complexity index is 1850. The third-order valence-electron chi connectivity index (χ3n) is 7.37. The lowest BCUT2D eigenvalue weighted by molar-refractivity contribution is 0.194. The van der Waals surface area contributed by atoms with Crippen LogP contribution in [0, 0.1) is 17.5 Å². The average Bonchev–Trinajstić information content (AvgIpc) is 3.00. The van der Waals surface area contributed by atoms with Crippen LogP contribution in [0.1, 0.15) is 18.4 Å². The number of para-hydroxylation sites is 2. The van der Waals surface area contributed by atoms with Crippen molar-refractivity contribution in [1.29, 1.82) is 0 Å². The number of halogens is 3. The molecule has 4 aromatic carbocycles. The van der Waals surface area contributed by atoms with Crippen LogP contribution in [-0.4, -0.2) is 42.4 Å². The minimum Gasteiger partial charge on any atom is -0.298 e. The Kier molecular flexibility index (Phi) is 7.76. The third kappa shape index (κ3) is 5.78. The Morgan fingerprint density at radius 1 is 0.762 bits per heavy atom. The molecule has 6 nitrogen and oxygen atoms in total. The molecule has 10 heteroatoms. The van der Waals surface area contributed by atoms with Crippen molar-refractivity contribution in [1.82, 2.24) is 19.6 Å². The van der Waals surface area contributed by atoms with Crippen molar-refractivity contribution in [3.63, 3.8) is 0 Å². The summed E-state index contributed by atoms with van der Waals surface area (Å²) < 4.78 is 69.1. The van der Waals surface area contributed by atoms with Crippen LogP contribution in [0.3, 0.4) is 0 Å². The first-order chi connectivity index (χ1) is 20.3. The summed E-state index contributed by atoms with van der Waals surface area (Å²) in [5, 5.41) is 0. The highest BCUT2D eigenvalue weighted by Gasteiger charge is 2.29. The summed E-state index contributed by atoms with van der Waals surface area (Å²) >= 11 is 0. The number of hydrogen-bond acceptors (Lipinski definition) is 5. The second kappa shape index (κ2) is 11.6. The van der Waals surface area contributed by atoms with E-state index >= 15 is 0 Å². The van der Waals surface area contributed by atoms with Crippen molar-refractivity contribution in [2.45, 2.75) is 30.3 Å². The Morgan fingerprint density at radius 2 is 1.38 bits per heavy atom. The molecule has 1 atom stereocenters. The van der Waals surface area contributed by atoms with Crippen LogP contribution in [0.4, 0.5) is 13.2 Å². The summed E-state index contributed by atoms with van der Waals surface area (Å²) in [6, 6.07) is 26.6. The van der Waals surface area contributed by atoms with Gasteiger partial charge in [-0.1, -0.05) is 66.7 Å². The fourth-order valence-electron chi connectivity index (χ4n) is 5.32. The van der Waals surface area contributed by atoms with Crippen LogP contribution in [-0.2, 0) is 16.6 Å². The van der Waals surface area contributed by atoms with Crippen LogP contribution in [0.2, 0.25) is 0 Å². The maximum Gasteiger partial charge on any atom is 0.243 e. The van der Waals surface area contributed by atoms with Crippen LogP contribution in [0.15, 0.2) is 95.9 Å². The van der Waals surface area contributed by atoms with Crippen LogP contribution in [0.5, 0.6) is 0 Å². The van der Waals surface area contributed by atoms with Gasteiger partial charge >= 0.3 is 0 Å². The molecule has 2 heterocycles. The number of fused-ring (bicyclic) bond motifs is 1. The highest BCUT2D eigenvalue weighted by molar-refractivity contribution is 7.89. The number of aromatic nitrogens is 2. The van der Waals surface area contributed by atoms with E-state index < -0.39 is 38.4 Å². The number of rotatable bonds is 7. The summed E-state index contributed by atoms with van der Waals surface area (Å²) in [6.45, 7) is 1.72. The van der Waals surface area contributed by atoms with E-state index in [1.165, 1.54) is 0 Å². The minimum absolute atomic E-state index is 0.389. The molecular formula is C32H27F3N4O2S. The molecule has 1 N–H and O–H groups in total. The molecule has 1 saturated heterocycles. The van der Waals surface area contributed by atoms with Gasteiger partial charge in [0.25, 0.3) is 0 Å². The maximum atomic E-state index is 14.2. The van der Waals surface area contributed by atoms with Gasteiger partial charge in [0.15, 0.2) is 17.5 Å². The molecule has 1 aromatic heterocycles. The molecule has 0 saturated carbocycles. The molecule has 6 rings (SSSR count). The molecule has 1 aliphatic rings. The van der Waals surface area contributed by atoms with E-state index in [1.807, 2.05) is 78.9 Å². The van der Waals surface area contributed by atoms with E-state index in [9.17, 15) is 21.6 Å². The highest BCUT2D eigenvalue weighted by Crippen LogP contribution is 2.31. The molecule has 0 amide bonds. The standard InChI is InChI=1S/C32H27F3N4O2S/c33-25-16-17-28(30(35)29(25)34)42(40,41)38-24-9-6-18-39(20-24)19-21-12-14-23(15-13-21)32-31(22-7-2-1-3-8-22)36-26-10-4-5-11-27(26)37-32/h1-5,7-8,10-17,24,38H,6,9,18-20H2. The van der Waals surface area contributed by atoms with Gasteiger partial charge in [-0.05, 0) is 49.2 Å². The van der Waals surface area contributed by atoms with E-state index in [-0.39, 0.29) is 0 Å². The van der Waals surface area contributed by atoms with Crippen LogP contribution in [0.25, 0.3) is 33.5 Å². The first-order valence-corrected chi connectivity index (χ1v) is 15.1. The van der Waals surface area contributed by atoms with Gasteiger partial charge < -0.3 is 0 Å². The molecule has 1 fully saturated rings. The zero-order valence-electron chi connectivity index (χ0n) is 22.5. The van der Waals surface area contributed by atoms with Gasteiger partial charge in [0, 0.05) is 30.3 Å². The summed E-state index contributed by atoms with van der Waals surface area (Å²) in [6.07, 6.45) is 1.27. The molecule has 0 radical (unpaired) electrons. The molecule has 1 unspecified atom stereocenters. The van der Waals surface area contributed by atoms with Crippen molar-refractivity contribution >= 4 is 21.1 Å². The second-order valence-electron chi connectivity index (χ2n) is 10.3. The first-order valence-electron chi connectivity index (χ1n) is 13.6. The maximum absolute atomic E-state index is 14.2. The molecule has 42 heavy (non-hydrogen) atoms. The van der Waals surface area contributed by atoms with Gasteiger partial charge in [0.1, 0.15) is 4.90 Å². The lowest BCUT2D eigenvalue weighted by Crippen LogP contribution is -2.47. The van der Waals surface area contributed by atoms with Gasteiger partial charge in [0.05, 0.1) is 22.4 Å². The van der Waals surface area contributed by atoms with E-state index in [2.05, 4.69) is 9.62 Å². The third-order valence-corrected chi connectivity index (χ3v) is 8.91. The number of nitrogens with one attached hydrogen (secondary N) is 1. The number of benzene rings is 4. The smallest absolute Gasteiger partial charge is 0.243 e. The largest absolute Gasteiger partial charge is 0.298 e. The average molecular weight is 589 g/mol. The van der Waals surface area contributed by atoms with Crippen molar-refractivity contribution in [2.24, 2.45) is 0 Å². The topological polar surface area (TPSA) is 75.2 Å². The first kappa shape index (κ1) is 28.0. The van der Waals surface area contributed by atoms with Gasteiger partial charge in [-0.15, -0.1) is 0 Å². The lowest BCUT2D eigenvalue weighted by Gasteiger charge is -2.33. The SMILES string of the molecule is O=S(=O)(NC1CCCN(Cc2ccc(-c3nc4ccccc4nc3-c3ccccc3)cc2)C1)c1ccc(F)c(F)c1F. The summed E-state index contributed by atoms with van der Waals surface area (Å²) in [5.41, 5.74) is 6.13.